The summed E-state index contributed by atoms with van der Waals surface area (Å²) in [7, 11) is 0. The monoisotopic (exact) mass is 267 g/mol. The van der Waals surface area contributed by atoms with Crippen molar-refractivity contribution in [1.29, 1.82) is 0 Å². The van der Waals surface area contributed by atoms with Crippen LogP contribution in [0.15, 0.2) is 35.3 Å². The van der Waals surface area contributed by atoms with Crippen LogP contribution in [0.4, 0.5) is 0 Å². The van der Waals surface area contributed by atoms with Gasteiger partial charge in [-0.1, -0.05) is 34.1 Å². The highest BCUT2D eigenvalue weighted by atomic mass is 79.9. The summed E-state index contributed by atoms with van der Waals surface area (Å²) in [6, 6.07) is 6.45. The highest BCUT2D eigenvalue weighted by Gasteiger charge is 2.08. The van der Waals surface area contributed by atoms with Crippen LogP contribution in [-0.2, 0) is 0 Å². The first-order valence-corrected chi connectivity index (χ1v) is 6.07. The van der Waals surface area contributed by atoms with E-state index in [1.165, 1.54) is 11.1 Å². The fraction of sp³-hybridized carbons (Fsp3) is 0.385. The highest BCUT2D eigenvalue weighted by molar-refractivity contribution is 9.10. The van der Waals surface area contributed by atoms with Crippen molar-refractivity contribution in [1.82, 2.24) is 0 Å². The van der Waals surface area contributed by atoms with Gasteiger partial charge in [-0.15, -0.1) is 6.58 Å². The molecule has 0 spiro atoms. The van der Waals surface area contributed by atoms with E-state index >= 15 is 0 Å². The molecule has 0 aliphatic heterocycles. The maximum Gasteiger partial charge on any atom is 0.0306 e. The Kier molecular flexibility index (Phi) is 5.06. The molecule has 1 nitrogen and oxygen atoms in total. The van der Waals surface area contributed by atoms with Gasteiger partial charge in [-0.2, -0.15) is 0 Å². The SMILES string of the molecule is C=CCCCC(N)c1ccc(C)cc1Br. The van der Waals surface area contributed by atoms with Gasteiger partial charge in [0.25, 0.3) is 0 Å². The summed E-state index contributed by atoms with van der Waals surface area (Å²) in [5, 5.41) is 0. The second-order valence-electron chi connectivity index (χ2n) is 3.85. The number of aryl methyl sites for hydroxylation is 1. The minimum Gasteiger partial charge on any atom is -0.324 e. The Labute approximate surface area is 101 Å². The maximum absolute atomic E-state index is 6.12. The topological polar surface area (TPSA) is 26.0 Å². The van der Waals surface area contributed by atoms with Crippen LogP contribution in [0.1, 0.15) is 36.4 Å². The van der Waals surface area contributed by atoms with Crippen molar-refractivity contribution < 1.29 is 0 Å². The van der Waals surface area contributed by atoms with Crippen LogP contribution in [-0.4, -0.2) is 0 Å². The molecule has 0 heterocycles. The average molecular weight is 268 g/mol. The van der Waals surface area contributed by atoms with Crippen LogP contribution in [0.25, 0.3) is 0 Å². The molecular formula is C13H18BrN. The Bertz CT molecular complexity index is 333. The molecule has 1 unspecified atom stereocenters. The van der Waals surface area contributed by atoms with E-state index in [0.29, 0.717) is 0 Å². The zero-order chi connectivity index (χ0) is 11.3. The van der Waals surface area contributed by atoms with Crippen LogP contribution in [0.3, 0.4) is 0 Å². The summed E-state index contributed by atoms with van der Waals surface area (Å²) < 4.78 is 1.12. The van der Waals surface area contributed by atoms with Crippen LogP contribution in [0.2, 0.25) is 0 Å². The Morgan fingerprint density at radius 2 is 2.27 bits per heavy atom. The van der Waals surface area contributed by atoms with E-state index in [4.69, 9.17) is 5.73 Å². The molecule has 0 radical (unpaired) electrons. The zero-order valence-corrected chi connectivity index (χ0v) is 10.8. The van der Waals surface area contributed by atoms with E-state index in [0.717, 1.165) is 23.7 Å². The third kappa shape index (κ3) is 3.80. The lowest BCUT2D eigenvalue weighted by atomic mass is 10.0. The molecule has 1 atom stereocenters. The van der Waals surface area contributed by atoms with Crippen molar-refractivity contribution in [2.45, 2.75) is 32.2 Å². The van der Waals surface area contributed by atoms with E-state index < -0.39 is 0 Å². The molecule has 0 aliphatic carbocycles. The van der Waals surface area contributed by atoms with E-state index in [1.54, 1.807) is 0 Å². The van der Waals surface area contributed by atoms with Gasteiger partial charge in [0.1, 0.15) is 0 Å². The number of rotatable bonds is 5. The number of allylic oxidation sites excluding steroid dienone is 1. The second-order valence-corrected chi connectivity index (χ2v) is 4.71. The molecule has 0 aliphatic rings. The van der Waals surface area contributed by atoms with Gasteiger partial charge in [0, 0.05) is 10.5 Å². The largest absolute Gasteiger partial charge is 0.324 e. The Balaban J connectivity index is 2.64. The molecule has 82 valence electrons. The van der Waals surface area contributed by atoms with Gasteiger partial charge in [-0.3, -0.25) is 0 Å². The van der Waals surface area contributed by atoms with Crippen LogP contribution >= 0.6 is 15.9 Å². The normalized spacial score (nSPS) is 12.5. The molecule has 0 bridgehead atoms. The first-order chi connectivity index (χ1) is 7.15. The summed E-state index contributed by atoms with van der Waals surface area (Å²) in [5.74, 6) is 0. The van der Waals surface area contributed by atoms with E-state index in [-0.39, 0.29) is 6.04 Å². The van der Waals surface area contributed by atoms with Crippen LogP contribution < -0.4 is 5.73 Å². The third-order valence-electron chi connectivity index (χ3n) is 2.48. The van der Waals surface area contributed by atoms with Crippen molar-refractivity contribution in [2.24, 2.45) is 5.73 Å². The van der Waals surface area contributed by atoms with E-state index in [2.05, 4.69) is 47.6 Å². The number of hydrogen-bond acceptors (Lipinski definition) is 1. The molecule has 0 fully saturated rings. The molecule has 0 saturated heterocycles. The predicted molar refractivity (Wildman–Crippen MR) is 69.9 cm³/mol. The summed E-state index contributed by atoms with van der Waals surface area (Å²) in [4.78, 5) is 0. The number of benzene rings is 1. The van der Waals surface area contributed by atoms with Gasteiger partial charge in [-0.05, 0) is 43.4 Å². The van der Waals surface area contributed by atoms with Gasteiger partial charge in [0.05, 0.1) is 0 Å². The van der Waals surface area contributed by atoms with Crippen molar-refractivity contribution >= 4 is 15.9 Å². The molecular weight excluding hydrogens is 250 g/mol. The molecule has 2 N–H and O–H groups in total. The van der Waals surface area contributed by atoms with Gasteiger partial charge in [-0.25, -0.2) is 0 Å². The molecule has 1 aromatic rings. The molecule has 0 aromatic heterocycles. The molecule has 1 rings (SSSR count). The standard InChI is InChI=1S/C13H18BrN/c1-3-4-5-6-13(15)11-8-7-10(2)9-12(11)14/h3,7-9,13H,1,4-6,15H2,2H3. The number of hydrogen-bond donors (Lipinski definition) is 1. The lowest BCUT2D eigenvalue weighted by Crippen LogP contribution is -2.10. The van der Waals surface area contributed by atoms with Gasteiger partial charge >= 0.3 is 0 Å². The molecule has 15 heavy (non-hydrogen) atoms. The highest BCUT2D eigenvalue weighted by Crippen LogP contribution is 2.26. The Hall–Kier alpha value is -0.600. The average Bonchev–Trinajstić information content (AvgIpc) is 2.17. The number of halogens is 1. The number of nitrogens with two attached hydrogens (primary N) is 1. The smallest absolute Gasteiger partial charge is 0.0306 e. The lowest BCUT2D eigenvalue weighted by Gasteiger charge is -2.13. The Morgan fingerprint density at radius 3 is 2.87 bits per heavy atom. The maximum atomic E-state index is 6.12. The second kappa shape index (κ2) is 6.09. The minimum absolute atomic E-state index is 0.125. The fourth-order valence-electron chi connectivity index (χ4n) is 1.57. The van der Waals surface area contributed by atoms with Gasteiger partial charge in [0.15, 0.2) is 0 Å². The van der Waals surface area contributed by atoms with Crippen LogP contribution in [0.5, 0.6) is 0 Å². The lowest BCUT2D eigenvalue weighted by molar-refractivity contribution is 0.615. The van der Waals surface area contributed by atoms with E-state index in [1.807, 2.05) is 6.08 Å². The molecule has 1 aromatic carbocycles. The fourth-order valence-corrected chi connectivity index (χ4v) is 2.36. The predicted octanol–water partition coefficient (Wildman–Crippen LogP) is 4.11. The van der Waals surface area contributed by atoms with Crippen molar-refractivity contribution in [3.63, 3.8) is 0 Å². The molecule has 2 heteroatoms. The number of unbranched alkanes of at least 4 members (excludes halogenated alkanes) is 1. The molecule has 0 saturated carbocycles. The summed E-state index contributed by atoms with van der Waals surface area (Å²) in [6.07, 6.45) is 5.09. The quantitative estimate of drug-likeness (QED) is 0.631. The van der Waals surface area contributed by atoms with Gasteiger partial charge < -0.3 is 5.73 Å². The van der Waals surface area contributed by atoms with Crippen molar-refractivity contribution in [2.75, 3.05) is 0 Å². The summed E-state index contributed by atoms with van der Waals surface area (Å²) >= 11 is 3.56. The van der Waals surface area contributed by atoms with Crippen molar-refractivity contribution in [3.05, 3.63) is 46.5 Å². The van der Waals surface area contributed by atoms with Gasteiger partial charge in [0.2, 0.25) is 0 Å². The zero-order valence-electron chi connectivity index (χ0n) is 9.17. The van der Waals surface area contributed by atoms with E-state index in [9.17, 15) is 0 Å². The summed E-state index contributed by atoms with van der Waals surface area (Å²) in [6.45, 7) is 5.79. The first-order valence-electron chi connectivity index (χ1n) is 5.27. The van der Waals surface area contributed by atoms with Crippen molar-refractivity contribution in [3.8, 4) is 0 Å². The summed E-state index contributed by atoms with van der Waals surface area (Å²) in [5.41, 5.74) is 8.57. The third-order valence-corrected chi connectivity index (χ3v) is 3.17. The molecule has 0 amide bonds. The minimum atomic E-state index is 0.125. The van der Waals surface area contributed by atoms with Crippen LogP contribution in [0, 0.1) is 6.92 Å². The Morgan fingerprint density at radius 1 is 1.53 bits per heavy atom. The first kappa shape index (κ1) is 12.5.